The first-order valence-electron chi connectivity index (χ1n) is 5.35. The van der Waals surface area contributed by atoms with E-state index >= 15 is 0 Å². The molecule has 106 valence electrons. The Bertz CT molecular complexity index is 603. The number of carbonyl (C=O) groups is 1. The van der Waals surface area contributed by atoms with Gasteiger partial charge in [-0.25, -0.2) is 17.2 Å². The highest BCUT2D eigenvalue weighted by Crippen LogP contribution is 2.18. The molecule has 1 aromatic carbocycles. The fraction of sp³-hybridized carbons (Fsp3) is 0.364. The minimum Gasteiger partial charge on any atom is -0.480 e. The molecule has 0 aliphatic carbocycles. The highest BCUT2D eigenvalue weighted by Gasteiger charge is 2.36. The maximum atomic E-state index is 13.0. The van der Waals surface area contributed by atoms with Crippen molar-refractivity contribution in [1.29, 1.82) is 0 Å². The monoisotopic (exact) mass is 293 g/mol. The van der Waals surface area contributed by atoms with Crippen LogP contribution in [0.3, 0.4) is 0 Å². The van der Waals surface area contributed by atoms with Gasteiger partial charge in [0.2, 0.25) is 10.0 Å². The van der Waals surface area contributed by atoms with Crippen LogP contribution in [0.1, 0.15) is 20.3 Å². The largest absolute Gasteiger partial charge is 0.480 e. The summed E-state index contributed by atoms with van der Waals surface area (Å²) in [6, 6.07) is 2.02. The number of halogens is 2. The summed E-state index contributed by atoms with van der Waals surface area (Å²) in [5, 5.41) is 8.98. The van der Waals surface area contributed by atoms with Crippen molar-refractivity contribution in [2.45, 2.75) is 30.7 Å². The van der Waals surface area contributed by atoms with Gasteiger partial charge in [0.15, 0.2) is 11.6 Å². The van der Waals surface area contributed by atoms with Crippen molar-refractivity contribution in [3.05, 3.63) is 29.8 Å². The van der Waals surface area contributed by atoms with Crippen molar-refractivity contribution >= 4 is 16.0 Å². The number of sulfonamides is 1. The van der Waals surface area contributed by atoms with E-state index in [2.05, 4.69) is 0 Å². The van der Waals surface area contributed by atoms with Crippen molar-refractivity contribution in [2.75, 3.05) is 0 Å². The van der Waals surface area contributed by atoms with Gasteiger partial charge in [-0.1, -0.05) is 6.92 Å². The third kappa shape index (κ3) is 3.27. The Morgan fingerprint density at radius 2 is 1.95 bits per heavy atom. The molecular formula is C11H13F2NO4S. The van der Waals surface area contributed by atoms with Crippen LogP contribution >= 0.6 is 0 Å². The minimum atomic E-state index is -4.25. The van der Waals surface area contributed by atoms with Gasteiger partial charge in [0, 0.05) is 0 Å². The summed E-state index contributed by atoms with van der Waals surface area (Å²) >= 11 is 0. The smallest absolute Gasteiger partial charge is 0.324 e. The molecule has 0 heterocycles. The molecule has 0 fully saturated rings. The lowest BCUT2D eigenvalue weighted by Gasteiger charge is -2.24. The molecule has 2 N–H and O–H groups in total. The van der Waals surface area contributed by atoms with E-state index in [1.54, 1.807) is 0 Å². The van der Waals surface area contributed by atoms with Crippen LogP contribution in [0.25, 0.3) is 0 Å². The third-order valence-electron chi connectivity index (χ3n) is 2.74. The molecule has 0 aromatic heterocycles. The Labute approximate surface area is 109 Å². The molecule has 0 amide bonds. The van der Waals surface area contributed by atoms with Crippen LogP contribution in [0.5, 0.6) is 0 Å². The standard InChI is InChI=1S/C11H13F2NO4S/c1-3-11(2,10(15)16)14-19(17,18)7-4-5-8(12)9(13)6-7/h4-6,14H,3H2,1-2H3,(H,15,16). The van der Waals surface area contributed by atoms with Crippen LogP contribution in [0.15, 0.2) is 23.1 Å². The highest BCUT2D eigenvalue weighted by molar-refractivity contribution is 7.89. The summed E-state index contributed by atoms with van der Waals surface area (Å²) in [6.07, 6.45) is -0.00869. The quantitative estimate of drug-likeness (QED) is 0.861. The molecule has 0 radical (unpaired) electrons. The van der Waals surface area contributed by atoms with Gasteiger partial charge in [-0.2, -0.15) is 4.72 Å². The fourth-order valence-electron chi connectivity index (χ4n) is 1.27. The summed E-state index contributed by atoms with van der Waals surface area (Å²) in [5.74, 6) is -3.87. The Kier molecular flexibility index (Phi) is 4.26. The number of aliphatic carboxylic acids is 1. The minimum absolute atomic E-state index is 0.00869. The van der Waals surface area contributed by atoms with Crippen LogP contribution in [0.4, 0.5) is 8.78 Å². The van der Waals surface area contributed by atoms with Gasteiger partial charge >= 0.3 is 5.97 Å². The van der Waals surface area contributed by atoms with Crippen molar-refractivity contribution < 1.29 is 27.1 Å². The number of benzene rings is 1. The molecule has 1 atom stereocenters. The number of rotatable bonds is 5. The number of carboxylic acids is 1. The van der Waals surface area contributed by atoms with Crippen molar-refractivity contribution in [3.8, 4) is 0 Å². The second-order valence-electron chi connectivity index (χ2n) is 4.17. The Hall–Kier alpha value is -1.54. The Morgan fingerprint density at radius 3 is 2.37 bits per heavy atom. The average Bonchev–Trinajstić information content (AvgIpc) is 2.31. The van der Waals surface area contributed by atoms with E-state index in [0.717, 1.165) is 6.07 Å². The molecule has 19 heavy (non-hydrogen) atoms. The highest BCUT2D eigenvalue weighted by atomic mass is 32.2. The molecule has 1 rings (SSSR count). The molecule has 0 saturated carbocycles. The van der Waals surface area contributed by atoms with E-state index in [1.807, 2.05) is 4.72 Å². The zero-order chi connectivity index (χ0) is 14.8. The van der Waals surface area contributed by atoms with Crippen LogP contribution in [-0.4, -0.2) is 25.0 Å². The molecule has 0 saturated heterocycles. The number of hydrogen-bond donors (Lipinski definition) is 2. The summed E-state index contributed by atoms with van der Waals surface area (Å²) in [6.45, 7) is 2.68. The van der Waals surface area contributed by atoms with Crippen molar-refractivity contribution in [1.82, 2.24) is 4.72 Å². The summed E-state index contributed by atoms with van der Waals surface area (Å²) in [7, 11) is -4.25. The van der Waals surface area contributed by atoms with Gasteiger partial charge < -0.3 is 5.11 Å². The van der Waals surface area contributed by atoms with E-state index in [0.29, 0.717) is 12.1 Å². The topological polar surface area (TPSA) is 83.5 Å². The predicted molar refractivity (Wildman–Crippen MR) is 63.0 cm³/mol. The second-order valence-corrected chi connectivity index (χ2v) is 5.85. The van der Waals surface area contributed by atoms with E-state index < -0.39 is 38.1 Å². The lowest BCUT2D eigenvalue weighted by Crippen LogP contribution is -2.51. The van der Waals surface area contributed by atoms with E-state index in [9.17, 15) is 22.0 Å². The van der Waals surface area contributed by atoms with Gasteiger partial charge in [-0.15, -0.1) is 0 Å². The molecule has 0 bridgehead atoms. The maximum Gasteiger partial charge on any atom is 0.324 e. The van der Waals surface area contributed by atoms with Crippen molar-refractivity contribution in [2.24, 2.45) is 0 Å². The van der Waals surface area contributed by atoms with Gasteiger partial charge in [0.25, 0.3) is 0 Å². The summed E-state index contributed by atoms with van der Waals surface area (Å²) in [4.78, 5) is 10.5. The lowest BCUT2D eigenvalue weighted by atomic mass is 10.0. The molecule has 8 heteroatoms. The zero-order valence-electron chi connectivity index (χ0n) is 10.3. The lowest BCUT2D eigenvalue weighted by molar-refractivity contribution is -0.143. The first-order chi connectivity index (χ1) is 8.62. The molecule has 1 unspecified atom stereocenters. The van der Waals surface area contributed by atoms with E-state index in [4.69, 9.17) is 5.11 Å². The number of carboxylic acid groups (broad SMARTS) is 1. The van der Waals surface area contributed by atoms with Crippen LogP contribution in [0.2, 0.25) is 0 Å². The molecule has 0 spiro atoms. The first-order valence-corrected chi connectivity index (χ1v) is 6.83. The average molecular weight is 293 g/mol. The second kappa shape index (κ2) is 5.22. The van der Waals surface area contributed by atoms with Gasteiger partial charge in [0.1, 0.15) is 5.54 Å². The Morgan fingerprint density at radius 1 is 1.37 bits per heavy atom. The number of hydrogen-bond acceptors (Lipinski definition) is 3. The predicted octanol–water partition coefficient (Wildman–Crippen LogP) is 1.50. The molecule has 0 aliphatic heterocycles. The Balaban J connectivity index is 3.18. The fourth-order valence-corrected chi connectivity index (χ4v) is 2.71. The maximum absolute atomic E-state index is 13.0. The molecule has 1 aromatic rings. The first kappa shape index (κ1) is 15.5. The summed E-state index contributed by atoms with van der Waals surface area (Å²) in [5.41, 5.74) is -1.72. The molecular weight excluding hydrogens is 280 g/mol. The van der Waals surface area contributed by atoms with Gasteiger partial charge in [0.05, 0.1) is 4.90 Å². The van der Waals surface area contributed by atoms with E-state index in [-0.39, 0.29) is 6.42 Å². The van der Waals surface area contributed by atoms with Crippen molar-refractivity contribution in [3.63, 3.8) is 0 Å². The van der Waals surface area contributed by atoms with Crippen LogP contribution in [-0.2, 0) is 14.8 Å². The number of nitrogens with one attached hydrogen (secondary N) is 1. The normalized spacial score (nSPS) is 14.9. The SMILES string of the molecule is CCC(C)(NS(=O)(=O)c1ccc(F)c(F)c1)C(=O)O. The molecule has 0 aliphatic rings. The zero-order valence-corrected chi connectivity index (χ0v) is 11.1. The van der Waals surface area contributed by atoms with Gasteiger partial charge in [-0.05, 0) is 31.5 Å². The third-order valence-corrected chi connectivity index (χ3v) is 4.33. The van der Waals surface area contributed by atoms with Crippen LogP contribution in [0, 0.1) is 11.6 Å². The van der Waals surface area contributed by atoms with Crippen LogP contribution < -0.4 is 4.72 Å². The van der Waals surface area contributed by atoms with Gasteiger partial charge in [-0.3, -0.25) is 4.79 Å². The molecule has 5 nitrogen and oxygen atoms in total. The van der Waals surface area contributed by atoms with E-state index in [1.165, 1.54) is 13.8 Å². The summed E-state index contributed by atoms with van der Waals surface area (Å²) < 4.78 is 51.5.